The summed E-state index contributed by atoms with van der Waals surface area (Å²) in [6.07, 6.45) is 26.5. The van der Waals surface area contributed by atoms with Crippen molar-refractivity contribution in [1.82, 2.24) is 0 Å². The van der Waals surface area contributed by atoms with E-state index in [1.165, 1.54) is 103 Å². The lowest BCUT2D eigenvalue weighted by Crippen LogP contribution is -2.03. The minimum atomic E-state index is 0.677. The molecule has 2 fully saturated rings. The third kappa shape index (κ3) is 8.10. The summed E-state index contributed by atoms with van der Waals surface area (Å²) in [5, 5.41) is 8.83. The van der Waals surface area contributed by atoms with Crippen LogP contribution in [0.4, 0.5) is 0 Å². The van der Waals surface area contributed by atoms with E-state index in [2.05, 4.69) is 22.6 Å². The predicted octanol–water partition coefficient (Wildman–Crippen LogP) is 6.54. The maximum Gasteiger partial charge on any atom is 0.0301 e. The molecule has 0 unspecified atom stereocenters. The molecule has 0 aromatic rings. The summed E-state index contributed by atoms with van der Waals surface area (Å²) >= 11 is 0. The largest absolute Gasteiger partial charge is 0.164 e. The lowest BCUT2D eigenvalue weighted by atomic mass is 9.98. The van der Waals surface area contributed by atoms with Gasteiger partial charge in [0.1, 0.15) is 0 Å². The normalized spacial score (nSPS) is 25.3. The zero-order valence-corrected chi connectivity index (χ0v) is 14.5. The number of nitrogens with zero attached hydrogens (tertiary/aromatic N) is 2. The zero-order valence-electron chi connectivity index (χ0n) is 14.5. The van der Waals surface area contributed by atoms with Crippen molar-refractivity contribution in [2.75, 3.05) is 0 Å². The molecule has 22 heavy (non-hydrogen) atoms. The van der Waals surface area contributed by atoms with Gasteiger partial charge in [-0.15, -0.1) is 0 Å². The van der Waals surface area contributed by atoms with Gasteiger partial charge in [0, 0.05) is 12.4 Å². The van der Waals surface area contributed by atoms with Gasteiger partial charge in [-0.2, -0.15) is 10.2 Å². The van der Waals surface area contributed by atoms with Crippen LogP contribution in [0.2, 0.25) is 0 Å². The highest BCUT2D eigenvalue weighted by molar-refractivity contribution is 5.64. The molecule has 0 spiro atoms. The molecule has 0 bridgehead atoms. The number of hydrogen-bond acceptors (Lipinski definition) is 2. The molecule has 0 saturated heterocycles. The van der Waals surface area contributed by atoms with Gasteiger partial charge in [-0.25, -0.2) is 0 Å². The molecule has 0 heterocycles. The summed E-state index contributed by atoms with van der Waals surface area (Å²) in [7, 11) is 0. The quantitative estimate of drug-likeness (QED) is 0.417. The first kappa shape index (κ1) is 17.7. The first-order chi connectivity index (χ1) is 10.9. The molecule has 2 rings (SSSR count). The van der Waals surface area contributed by atoms with Crippen LogP contribution in [-0.2, 0) is 0 Å². The second-order valence-electron chi connectivity index (χ2n) is 7.45. The SMILES string of the molecule is C(=NN=CC1CCCCCCCC1)C1CCCCCCCC1. The lowest BCUT2D eigenvalue weighted by Gasteiger charge is -2.10. The standard InChI is InChI=1S/C20H36N2/c1-2-6-10-14-19(13-9-5-1)17-21-22-18-20-15-11-7-3-4-8-12-16-20/h17-20H,1-16H2. The predicted molar refractivity (Wildman–Crippen MR) is 97.8 cm³/mol. The Kier molecular flexibility index (Phi) is 9.53. The van der Waals surface area contributed by atoms with Crippen LogP contribution >= 0.6 is 0 Å². The molecule has 0 aliphatic heterocycles. The smallest absolute Gasteiger partial charge is 0.0301 e. The summed E-state index contributed by atoms with van der Waals surface area (Å²) in [6.45, 7) is 0. The van der Waals surface area contributed by atoms with E-state index in [-0.39, 0.29) is 0 Å². The van der Waals surface area contributed by atoms with Crippen LogP contribution in [0, 0.1) is 11.8 Å². The first-order valence-corrected chi connectivity index (χ1v) is 10.0. The fourth-order valence-corrected chi connectivity index (χ4v) is 3.89. The summed E-state index contributed by atoms with van der Waals surface area (Å²) in [5.74, 6) is 1.35. The third-order valence-electron chi connectivity index (χ3n) is 5.42. The van der Waals surface area contributed by atoms with Crippen molar-refractivity contribution in [3.05, 3.63) is 0 Å². The topological polar surface area (TPSA) is 24.7 Å². The molecule has 0 N–H and O–H groups in total. The van der Waals surface area contributed by atoms with E-state index in [0.29, 0.717) is 11.8 Å². The van der Waals surface area contributed by atoms with E-state index in [1.807, 2.05) is 0 Å². The maximum absolute atomic E-state index is 4.41. The molecule has 2 aliphatic rings. The molecule has 126 valence electrons. The Balaban J connectivity index is 1.73. The van der Waals surface area contributed by atoms with Crippen LogP contribution in [0.15, 0.2) is 10.2 Å². The summed E-state index contributed by atoms with van der Waals surface area (Å²) < 4.78 is 0. The van der Waals surface area contributed by atoms with Crippen molar-refractivity contribution in [3.8, 4) is 0 Å². The molecule has 2 aliphatic carbocycles. The molecule has 0 radical (unpaired) electrons. The third-order valence-corrected chi connectivity index (χ3v) is 5.42. The summed E-state index contributed by atoms with van der Waals surface area (Å²) in [5.41, 5.74) is 0. The molecule has 2 nitrogen and oxygen atoms in total. The molecule has 0 atom stereocenters. The van der Waals surface area contributed by atoms with E-state index < -0.39 is 0 Å². The maximum atomic E-state index is 4.41. The van der Waals surface area contributed by atoms with Crippen LogP contribution < -0.4 is 0 Å². The monoisotopic (exact) mass is 304 g/mol. The van der Waals surface area contributed by atoms with Crippen LogP contribution in [0.5, 0.6) is 0 Å². The highest BCUT2D eigenvalue weighted by Gasteiger charge is 2.09. The molecule has 2 heteroatoms. The van der Waals surface area contributed by atoms with Crippen molar-refractivity contribution >= 4 is 12.4 Å². The number of rotatable bonds is 3. The van der Waals surface area contributed by atoms with Crippen molar-refractivity contribution in [1.29, 1.82) is 0 Å². The van der Waals surface area contributed by atoms with Crippen LogP contribution in [0.25, 0.3) is 0 Å². The highest BCUT2D eigenvalue weighted by Crippen LogP contribution is 2.21. The van der Waals surface area contributed by atoms with Gasteiger partial charge >= 0.3 is 0 Å². The Morgan fingerprint density at radius 2 is 0.682 bits per heavy atom. The Labute approximate surface area is 137 Å². The lowest BCUT2D eigenvalue weighted by molar-refractivity contribution is 0.541. The molecular weight excluding hydrogens is 268 g/mol. The summed E-state index contributed by atoms with van der Waals surface area (Å²) in [6, 6.07) is 0. The van der Waals surface area contributed by atoms with E-state index in [1.54, 1.807) is 0 Å². The van der Waals surface area contributed by atoms with Gasteiger partial charge in [0.05, 0.1) is 0 Å². The van der Waals surface area contributed by atoms with E-state index >= 15 is 0 Å². The minimum Gasteiger partial charge on any atom is -0.164 e. The van der Waals surface area contributed by atoms with E-state index in [4.69, 9.17) is 0 Å². The van der Waals surface area contributed by atoms with Crippen LogP contribution in [-0.4, -0.2) is 12.4 Å². The molecule has 0 aromatic carbocycles. The molecule has 0 amide bonds. The Hall–Kier alpha value is -0.660. The molecule has 2 saturated carbocycles. The second-order valence-corrected chi connectivity index (χ2v) is 7.45. The van der Waals surface area contributed by atoms with E-state index in [0.717, 1.165) is 0 Å². The van der Waals surface area contributed by atoms with Crippen LogP contribution in [0.1, 0.15) is 103 Å². The van der Waals surface area contributed by atoms with Gasteiger partial charge in [0.2, 0.25) is 0 Å². The Morgan fingerprint density at radius 3 is 1.00 bits per heavy atom. The Bertz CT molecular complexity index is 270. The van der Waals surface area contributed by atoms with Gasteiger partial charge in [0.15, 0.2) is 0 Å². The van der Waals surface area contributed by atoms with Gasteiger partial charge in [-0.1, -0.05) is 77.0 Å². The van der Waals surface area contributed by atoms with Gasteiger partial charge < -0.3 is 0 Å². The van der Waals surface area contributed by atoms with Crippen molar-refractivity contribution in [2.24, 2.45) is 22.0 Å². The van der Waals surface area contributed by atoms with Crippen molar-refractivity contribution in [2.45, 2.75) is 103 Å². The van der Waals surface area contributed by atoms with Crippen molar-refractivity contribution < 1.29 is 0 Å². The van der Waals surface area contributed by atoms with Gasteiger partial charge in [-0.3, -0.25) is 0 Å². The summed E-state index contributed by atoms with van der Waals surface area (Å²) in [4.78, 5) is 0. The Morgan fingerprint density at radius 1 is 0.409 bits per heavy atom. The first-order valence-electron chi connectivity index (χ1n) is 10.0. The second kappa shape index (κ2) is 11.8. The number of hydrogen-bond donors (Lipinski definition) is 0. The fourth-order valence-electron chi connectivity index (χ4n) is 3.89. The zero-order chi connectivity index (χ0) is 15.3. The molecular formula is C20H36N2. The average molecular weight is 305 g/mol. The van der Waals surface area contributed by atoms with E-state index in [9.17, 15) is 0 Å². The van der Waals surface area contributed by atoms with Gasteiger partial charge in [-0.05, 0) is 37.5 Å². The van der Waals surface area contributed by atoms with Crippen LogP contribution in [0.3, 0.4) is 0 Å². The minimum absolute atomic E-state index is 0.677. The average Bonchev–Trinajstić information content (AvgIpc) is 2.75. The fraction of sp³-hybridized carbons (Fsp3) is 0.900. The van der Waals surface area contributed by atoms with Gasteiger partial charge in [0.25, 0.3) is 0 Å². The highest BCUT2D eigenvalue weighted by atomic mass is 15.2. The molecule has 0 aromatic heterocycles. The van der Waals surface area contributed by atoms with Crippen molar-refractivity contribution in [3.63, 3.8) is 0 Å².